The van der Waals surface area contributed by atoms with Crippen molar-refractivity contribution in [2.24, 2.45) is 5.73 Å². The van der Waals surface area contributed by atoms with E-state index in [1.54, 1.807) is 25.3 Å². The molecule has 17 heavy (non-hydrogen) atoms. The Hall–Kier alpha value is -1.07. The highest BCUT2D eigenvalue weighted by atomic mass is 79.9. The van der Waals surface area contributed by atoms with Crippen molar-refractivity contribution in [2.45, 2.75) is 19.4 Å². The van der Waals surface area contributed by atoms with Crippen LogP contribution in [0.15, 0.2) is 22.7 Å². The molecule has 0 bridgehead atoms. The number of hydrogen-bond acceptors (Lipinski definition) is 3. The SMILES string of the molecule is CCC(CN)NC(=O)c1ccc(OC)c(Br)c1. The number of nitrogens with two attached hydrogens (primary N) is 1. The van der Waals surface area contributed by atoms with Crippen LogP contribution in [0.25, 0.3) is 0 Å². The van der Waals surface area contributed by atoms with Crippen molar-refractivity contribution in [1.29, 1.82) is 0 Å². The lowest BCUT2D eigenvalue weighted by atomic mass is 10.1. The van der Waals surface area contributed by atoms with Crippen LogP contribution in [0, 0.1) is 0 Å². The molecule has 0 spiro atoms. The average molecular weight is 301 g/mol. The van der Waals surface area contributed by atoms with E-state index in [1.165, 1.54) is 0 Å². The number of nitrogens with one attached hydrogen (secondary N) is 1. The molecule has 0 aliphatic heterocycles. The van der Waals surface area contributed by atoms with Crippen LogP contribution < -0.4 is 15.8 Å². The van der Waals surface area contributed by atoms with E-state index in [2.05, 4.69) is 21.2 Å². The van der Waals surface area contributed by atoms with Gasteiger partial charge in [0.1, 0.15) is 5.75 Å². The second-order valence-corrected chi connectivity index (χ2v) is 4.52. The summed E-state index contributed by atoms with van der Waals surface area (Å²) in [5, 5.41) is 2.87. The second kappa shape index (κ2) is 6.61. The number of ether oxygens (including phenoxy) is 1. The van der Waals surface area contributed by atoms with E-state index in [4.69, 9.17) is 10.5 Å². The fourth-order valence-corrected chi connectivity index (χ4v) is 1.94. The second-order valence-electron chi connectivity index (χ2n) is 3.66. The highest BCUT2D eigenvalue weighted by Crippen LogP contribution is 2.25. The summed E-state index contributed by atoms with van der Waals surface area (Å²) in [7, 11) is 1.58. The van der Waals surface area contributed by atoms with Gasteiger partial charge in [-0.15, -0.1) is 0 Å². The maximum Gasteiger partial charge on any atom is 0.251 e. The third kappa shape index (κ3) is 3.71. The van der Waals surface area contributed by atoms with Gasteiger partial charge in [0.05, 0.1) is 11.6 Å². The lowest BCUT2D eigenvalue weighted by Gasteiger charge is -2.15. The molecule has 1 rings (SSSR count). The van der Waals surface area contributed by atoms with Gasteiger partial charge < -0.3 is 15.8 Å². The van der Waals surface area contributed by atoms with Crippen molar-refractivity contribution in [3.63, 3.8) is 0 Å². The van der Waals surface area contributed by atoms with Gasteiger partial charge in [-0.05, 0) is 40.5 Å². The maximum absolute atomic E-state index is 11.9. The Morgan fingerprint density at radius 1 is 1.59 bits per heavy atom. The molecule has 1 aromatic rings. The number of benzene rings is 1. The molecule has 94 valence electrons. The molecule has 0 radical (unpaired) electrons. The lowest BCUT2D eigenvalue weighted by Crippen LogP contribution is -2.39. The van der Waals surface area contributed by atoms with Gasteiger partial charge in [-0.1, -0.05) is 6.92 Å². The van der Waals surface area contributed by atoms with Crippen molar-refractivity contribution in [3.8, 4) is 5.75 Å². The Kier molecular flexibility index (Phi) is 5.44. The Bertz CT molecular complexity index is 392. The summed E-state index contributed by atoms with van der Waals surface area (Å²) in [4.78, 5) is 11.9. The molecule has 0 fully saturated rings. The van der Waals surface area contributed by atoms with E-state index < -0.39 is 0 Å². The number of halogens is 1. The normalized spacial score (nSPS) is 12.0. The number of carbonyl (C=O) groups is 1. The highest BCUT2D eigenvalue weighted by molar-refractivity contribution is 9.10. The third-order valence-electron chi connectivity index (χ3n) is 2.53. The number of methoxy groups -OCH3 is 1. The van der Waals surface area contributed by atoms with Crippen LogP contribution in [0.1, 0.15) is 23.7 Å². The molecule has 1 aromatic carbocycles. The van der Waals surface area contributed by atoms with Crippen molar-refractivity contribution in [2.75, 3.05) is 13.7 Å². The molecular formula is C12H17BrN2O2. The van der Waals surface area contributed by atoms with E-state index in [0.717, 1.165) is 10.9 Å². The molecule has 1 atom stereocenters. The van der Waals surface area contributed by atoms with Gasteiger partial charge in [0.25, 0.3) is 5.91 Å². The molecule has 1 amide bonds. The minimum atomic E-state index is -0.120. The van der Waals surface area contributed by atoms with Crippen LogP contribution in [0.4, 0.5) is 0 Å². The summed E-state index contributed by atoms with van der Waals surface area (Å²) in [5.41, 5.74) is 6.13. The summed E-state index contributed by atoms with van der Waals surface area (Å²) in [6.45, 7) is 2.43. The Labute approximate surface area is 110 Å². The maximum atomic E-state index is 11.9. The lowest BCUT2D eigenvalue weighted by molar-refractivity contribution is 0.0937. The smallest absolute Gasteiger partial charge is 0.251 e. The zero-order valence-corrected chi connectivity index (χ0v) is 11.6. The molecule has 0 saturated carbocycles. The Morgan fingerprint density at radius 3 is 2.76 bits per heavy atom. The largest absolute Gasteiger partial charge is 0.496 e. The number of hydrogen-bond donors (Lipinski definition) is 2. The molecule has 0 aromatic heterocycles. The van der Waals surface area contributed by atoms with Crippen molar-refractivity contribution in [3.05, 3.63) is 28.2 Å². The van der Waals surface area contributed by atoms with Gasteiger partial charge in [-0.2, -0.15) is 0 Å². The predicted molar refractivity (Wildman–Crippen MR) is 71.3 cm³/mol. The molecule has 0 saturated heterocycles. The van der Waals surface area contributed by atoms with Crippen LogP contribution in [0.3, 0.4) is 0 Å². The van der Waals surface area contributed by atoms with E-state index >= 15 is 0 Å². The van der Waals surface area contributed by atoms with E-state index in [0.29, 0.717) is 17.9 Å². The van der Waals surface area contributed by atoms with Crippen LogP contribution in [-0.2, 0) is 0 Å². The van der Waals surface area contributed by atoms with Crippen molar-refractivity contribution < 1.29 is 9.53 Å². The van der Waals surface area contributed by atoms with E-state index in [-0.39, 0.29) is 11.9 Å². The van der Waals surface area contributed by atoms with Gasteiger partial charge >= 0.3 is 0 Å². The Balaban J connectivity index is 2.79. The number of carbonyl (C=O) groups excluding carboxylic acids is 1. The topological polar surface area (TPSA) is 64.3 Å². The summed E-state index contributed by atoms with van der Waals surface area (Å²) >= 11 is 3.35. The first kappa shape index (κ1) is 14.0. The first-order valence-electron chi connectivity index (χ1n) is 5.46. The minimum Gasteiger partial charge on any atom is -0.496 e. The fourth-order valence-electron chi connectivity index (χ4n) is 1.40. The van der Waals surface area contributed by atoms with Crippen LogP contribution >= 0.6 is 15.9 Å². The minimum absolute atomic E-state index is 0.0170. The van der Waals surface area contributed by atoms with Crippen molar-refractivity contribution in [1.82, 2.24) is 5.32 Å². The van der Waals surface area contributed by atoms with Crippen LogP contribution in [0.5, 0.6) is 5.75 Å². The van der Waals surface area contributed by atoms with Gasteiger partial charge in [0.2, 0.25) is 0 Å². The van der Waals surface area contributed by atoms with E-state index in [1.807, 2.05) is 6.92 Å². The van der Waals surface area contributed by atoms with Crippen molar-refractivity contribution >= 4 is 21.8 Å². The first-order chi connectivity index (χ1) is 8.12. The van der Waals surface area contributed by atoms with Gasteiger partial charge in [0, 0.05) is 18.2 Å². The first-order valence-corrected chi connectivity index (χ1v) is 6.26. The third-order valence-corrected chi connectivity index (χ3v) is 3.15. The van der Waals surface area contributed by atoms with E-state index in [9.17, 15) is 4.79 Å². The number of rotatable bonds is 5. The van der Waals surface area contributed by atoms with Gasteiger partial charge in [-0.25, -0.2) is 0 Å². The summed E-state index contributed by atoms with van der Waals surface area (Å²) < 4.78 is 5.86. The molecular weight excluding hydrogens is 284 g/mol. The summed E-state index contributed by atoms with van der Waals surface area (Å²) in [6, 6.07) is 5.23. The van der Waals surface area contributed by atoms with Gasteiger partial charge in [0.15, 0.2) is 0 Å². The number of amides is 1. The molecule has 1 unspecified atom stereocenters. The summed E-state index contributed by atoms with van der Waals surface area (Å²) in [5.74, 6) is 0.582. The molecule has 4 nitrogen and oxygen atoms in total. The average Bonchev–Trinajstić information content (AvgIpc) is 2.35. The molecule has 0 heterocycles. The monoisotopic (exact) mass is 300 g/mol. The molecule has 0 aliphatic rings. The van der Waals surface area contributed by atoms with Crippen LogP contribution in [-0.4, -0.2) is 25.6 Å². The Morgan fingerprint density at radius 2 is 2.29 bits per heavy atom. The molecule has 0 aliphatic carbocycles. The zero-order valence-electron chi connectivity index (χ0n) is 10.00. The highest BCUT2D eigenvalue weighted by Gasteiger charge is 2.12. The zero-order chi connectivity index (χ0) is 12.8. The van der Waals surface area contributed by atoms with Gasteiger partial charge in [-0.3, -0.25) is 4.79 Å². The standard InChI is InChI=1S/C12H17BrN2O2/c1-3-9(7-14)15-12(16)8-4-5-11(17-2)10(13)6-8/h4-6,9H,3,7,14H2,1-2H3,(H,15,16). The predicted octanol–water partition coefficient (Wildman–Crippen LogP) is 1.92. The molecule has 3 N–H and O–H groups in total. The summed E-state index contributed by atoms with van der Waals surface area (Å²) in [6.07, 6.45) is 0.819. The quantitative estimate of drug-likeness (QED) is 0.873. The molecule has 5 heteroatoms. The van der Waals surface area contributed by atoms with Crippen LogP contribution in [0.2, 0.25) is 0 Å². The fraction of sp³-hybridized carbons (Fsp3) is 0.417.